The Morgan fingerprint density at radius 3 is 2.21 bits per heavy atom. The number of carbonyl (C=O) groups is 1. The lowest BCUT2D eigenvalue weighted by molar-refractivity contribution is 0.179. The maximum absolute atomic E-state index is 11.6. The Balaban J connectivity index is 1.89. The fourth-order valence-corrected chi connectivity index (χ4v) is 2.32. The maximum atomic E-state index is 11.6. The van der Waals surface area contributed by atoms with Gasteiger partial charge in [-0.05, 0) is 30.2 Å². The van der Waals surface area contributed by atoms with Crippen LogP contribution in [-0.2, 0) is 4.74 Å². The molecule has 1 unspecified atom stereocenters. The zero-order chi connectivity index (χ0) is 13.2. The third kappa shape index (κ3) is 2.19. The number of amides is 1. The Labute approximate surface area is 112 Å². The third-order valence-corrected chi connectivity index (χ3v) is 3.34. The lowest BCUT2D eigenvalue weighted by atomic mass is 10.1. The molecule has 1 amide bonds. The summed E-state index contributed by atoms with van der Waals surface area (Å²) in [5, 5.41) is 0. The predicted molar refractivity (Wildman–Crippen MR) is 75.2 cm³/mol. The highest BCUT2D eigenvalue weighted by Crippen LogP contribution is 2.26. The van der Waals surface area contributed by atoms with Gasteiger partial charge in [0.15, 0.2) is 0 Å². The van der Waals surface area contributed by atoms with Crippen LogP contribution in [0.15, 0.2) is 54.6 Å². The van der Waals surface area contributed by atoms with Crippen molar-refractivity contribution >= 4 is 11.8 Å². The topological polar surface area (TPSA) is 29.5 Å². The number of hydrogen-bond donors (Lipinski definition) is 0. The molecule has 0 spiro atoms. The van der Waals surface area contributed by atoms with E-state index in [1.54, 1.807) is 4.90 Å². The molecular weight excluding hydrogens is 238 g/mol. The molecule has 0 aromatic heterocycles. The maximum Gasteiger partial charge on any atom is 0.414 e. The van der Waals surface area contributed by atoms with Crippen LogP contribution in [0.1, 0.15) is 6.92 Å². The van der Waals surface area contributed by atoms with Crippen LogP contribution in [0.5, 0.6) is 0 Å². The van der Waals surface area contributed by atoms with Crippen LogP contribution < -0.4 is 4.90 Å². The fraction of sp³-hybridized carbons (Fsp3) is 0.188. The molecule has 96 valence electrons. The molecule has 1 heterocycles. The number of ether oxygens (including phenoxy) is 1. The highest BCUT2D eigenvalue weighted by Gasteiger charge is 2.30. The number of hydrogen-bond acceptors (Lipinski definition) is 2. The van der Waals surface area contributed by atoms with Gasteiger partial charge in [-0.25, -0.2) is 4.79 Å². The van der Waals surface area contributed by atoms with Crippen LogP contribution in [0.3, 0.4) is 0 Å². The van der Waals surface area contributed by atoms with Crippen molar-refractivity contribution in [3.05, 3.63) is 54.6 Å². The quantitative estimate of drug-likeness (QED) is 0.816. The summed E-state index contributed by atoms with van der Waals surface area (Å²) in [6.45, 7) is 2.44. The number of benzene rings is 2. The van der Waals surface area contributed by atoms with Gasteiger partial charge in [-0.15, -0.1) is 0 Å². The van der Waals surface area contributed by atoms with Gasteiger partial charge in [0.1, 0.15) is 6.61 Å². The lowest BCUT2D eigenvalue weighted by Gasteiger charge is -2.18. The number of anilines is 1. The molecule has 0 N–H and O–H groups in total. The lowest BCUT2D eigenvalue weighted by Crippen LogP contribution is -2.30. The Hall–Kier alpha value is -2.29. The summed E-state index contributed by atoms with van der Waals surface area (Å²) in [5.74, 6) is 0. The molecule has 0 aliphatic carbocycles. The van der Waals surface area contributed by atoms with Crippen LogP contribution >= 0.6 is 0 Å². The van der Waals surface area contributed by atoms with Crippen molar-refractivity contribution in [1.29, 1.82) is 0 Å². The van der Waals surface area contributed by atoms with Crippen LogP contribution in [0.4, 0.5) is 10.5 Å². The van der Waals surface area contributed by atoms with E-state index in [1.165, 1.54) is 5.56 Å². The smallest absolute Gasteiger partial charge is 0.414 e. The van der Waals surface area contributed by atoms with Gasteiger partial charge < -0.3 is 4.74 Å². The molecule has 3 heteroatoms. The first-order valence-electron chi connectivity index (χ1n) is 6.37. The second kappa shape index (κ2) is 4.76. The standard InChI is InChI=1S/C16H15NO2/c1-12-11-19-16(18)17(12)15-9-7-14(8-10-15)13-5-3-2-4-6-13/h2-10,12H,11H2,1H3. The van der Waals surface area contributed by atoms with Gasteiger partial charge in [-0.2, -0.15) is 0 Å². The van der Waals surface area contributed by atoms with Gasteiger partial charge in [-0.1, -0.05) is 42.5 Å². The molecular formula is C16H15NO2. The molecule has 0 bridgehead atoms. The molecule has 1 aliphatic heterocycles. The van der Waals surface area contributed by atoms with Crippen molar-refractivity contribution in [2.45, 2.75) is 13.0 Å². The summed E-state index contributed by atoms with van der Waals surface area (Å²) in [5.41, 5.74) is 3.20. The molecule has 3 nitrogen and oxygen atoms in total. The first-order chi connectivity index (χ1) is 9.25. The van der Waals surface area contributed by atoms with E-state index in [1.807, 2.05) is 49.4 Å². The minimum absolute atomic E-state index is 0.0927. The van der Waals surface area contributed by atoms with E-state index in [0.29, 0.717) is 6.61 Å². The molecule has 1 aliphatic rings. The first kappa shape index (κ1) is 11.8. The van der Waals surface area contributed by atoms with Crippen molar-refractivity contribution < 1.29 is 9.53 Å². The van der Waals surface area contributed by atoms with Gasteiger partial charge in [0.05, 0.1) is 6.04 Å². The molecule has 1 saturated heterocycles. The number of rotatable bonds is 2. The summed E-state index contributed by atoms with van der Waals surface area (Å²) < 4.78 is 5.03. The molecule has 0 radical (unpaired) electrons. The average molecular weight is 253 g/mol. The van der Waals surface area contributed by atoms with Crippen molar-refractivity contribution in [2.24, 2.45) is 0 Å². The normalized spacial score (nSPS) is 18.5. The van der Waals surface area contributed by atoms with Crippen molar-refractivity contribution in [2.75, 3.05) is 11.5 Å². The number of nitrogens with zero attached hydrogens (tertiary/aromatic N) is 1. The van der Waals surface area contributed by atoms with Crippen LogP contribution in [0.2, 0.25) is 0 Å². The van der Waals surface area contributed by atoms with E-state index < -0.39 is 0 Å². The van der Waals surface area contributed by atoms with Crippen molar-refractivity contribution in [1.82, 2.24) is 0 Å². The van der Waals surface area contributed by atoms with Gasteiger partial charge in [0, 0.05) is 5.69 Å². The molecule has 1 fully saturated rings. The monoisotopic (exact) mass is 253 g/mol. The fourth-order valence-electron chi connectivity index (χ4n) is 2.32. The van der Waals surface area contributed by atoms with E-state index in [4.69, 9.17) is 4.74 Å². The zero-order valence-electron chi connectivity index (χ0n) is 10.7. The van der Waals surface area contributed by atoms with Gasteiger partial charge >= 0.3 is 6.09 Å². The van der Waals surface area contributed by atoms with Gasteiger partial charge in [0.2, 0.25) is 0 Å². The van der Waals surface area contributed by atoms with E-state index in [-0.39, 0.29) is 12.1 Å². The summed E-state index contributed by atoms with van der Waals surface area (Å²) >= 11 is 0. The zero-order valence-corrected chi connectivity index (χ0v) is 10.7. The van der Waals surface area contributed by atoms with Crippen LogP contribution in [0.25, 0.3) is 11.1 Å². The molecule has 1 atom stereocenters. The summed E-state index contributed by atoms with van der Waals surface area (Å²) in [6.07, 6.45) is -0.264. The van der Waals surface area contributed by atoms with E-state index >= 15 is 0 Å². The van der Waals surface area contributed by atoms with Crippen molar-refractivity contribution in [3.63, 3.8) is 0 Å². The third-order valence-electron chi connectivity index (χ3n) is 3.34. The second-order valence-electron chi connectivity index (χ2n) is 4.71. The summed E-state index contributed by atoms with van der Waals surface area (Å²) in [4.78, 5) is 13.3. The minimum Gasteiger partial charge on any atom is -0.447 e. The summed E-state index contributed by atoms with van der Waals surface area (Å²) in [7, 11) is 0. The molecule has 2 aromatic rings. The Bertz CT molecular complexity index is 577. The Kier molecular flexibility index (Phi) is 2.95. The van der Waals surface area contributed by atoms with E-state index in [9.17, 15) is 4.79 Å². The molecule has 0 saturated carbocycles. The Morgan fingerprint density at radius 1 is 1.00 bits per heavy atom. The number of carbonyl (C=O) groups excluding carboxylic acids is 1. The highest BCUT2D eigenvalue weighted by atomic mass is 16.6. The highest BCUT2D eigenvalue weighted by molar-refractivity contribution is 5.90. The first-order valence-corrected chi connectivity index (χ1v) is 6.37. The van der Waals surface area contributed by atoms with Crippen LogP contribution in [0, 0.1) is 0 Å². The molecule has 2 aromatic carbocycles. The largest absolute Gasteiger partial charge is 0.447 e. The minimum atomic E-state index is -0.264. The van der Waals surface area contributed by atoms with E-state index in [2.05, 4.69) is 12.1 Å². The average Bonchev–Trinajstić information content (AvgIpc) is 2.79. The molecule has 19 heavy (non-hydrogen) atoms. The van der Waals surface area contributed by atoms with Gasteiger partial charge in [0.25, 0.3) is 0 Å². The van der Waals surface area contributed by atoms with Crippen molar-refractivity contribution in [3.8, 4) is 11.1 Å². The number of cyclic esters (lactones) is 1. The second-order valence-corrected chi connectivity index (χ2v) is 4.71. The van der Waals surface area contributed by atoms with E-state index in [0.717, 1.165) is 11.3 Å². The Morgan fingerprint density at radius 2 is 1.63 bits per heavy atom. The molecule has 3 rings (SSSR count). The van der Waals surface area contributed by atoms with Gasteiger partial charge in [-0.3, -0.25) is 4.90 Å². The van der Waals surface area contributed by atoms with Crippen LogP contribution in [-0.4, -0.2) is 18.7 Å². The predicted octanol–water partition coefficient (Wildman–Crippen LogP) is 3.70. The SMILES string of the molecule is CC1COC(=O)N1c1ccc(-c2ccccc2)cc1. The summed E-state index contributed by atoms with van der Waals surface area (Å²) in [6, 6.07) is 18.3.